The fourth-order valence-electron chi connectivity index (χ4n) is 3.66. The number of ether oxygens (including phenoxy) is 1. The number of piperidine rings is 2. The Morgan fingerprint density at radius 1 is 1.33 bits per heavy atom. The van der Waals surface area contributed by atoms with E-state index in [1.165, 1.54) is 25.8 Å². The molecule has 0 aromatic heterocycles. The summed E-state index contributed by atoms with van der Waals surface area (Å²) in [6.07, 6.45) is 3.40. The Bertz CT molecular complexity index is 359. The van der Waals surface area contributed by atoms with Gasteiger partial charge < -0.3 is 20.3 Å². The van der Waals surface area contributed by atoms with Crippen LogP contribution in [0.15, 0.2) is 0 Å². The van der Waals surface area contributed by atoms with E-state index in [4.69, 9.17) is 4.74 Å². The molecule has 1 atom stereocenters. The van der Waals surface area contributed by atoms with Crippen molar-refractivity contribution in [3.8, 4) is 0 Å². The van der Waals surface area contributed by atoms with E-state index in [1.807, 2.05) is 20.8 Å². The lowest BCUT2D eigenvalue weighted by Crippen LogP contribution is -2.54. The summed E-state index contributed by atoms with van der Waals surface area (Å²) in [4.78, 5) is 14.3. The standard InChI is InChI=1S/C16H31N3O2/c1-15(2,3)21-14(20)18-11-13-12-19(4)10-7-16(13)5-8-17-9-6-16/h13,17H,5-12H2,1-4H3,(H,18,20). The Morgan fingerprint density at radius 2 is 2.00 bits per heavy atom. The molecular formula is C16H31N3O2. The number of carbonyl (C=O) groups excluding carboxylic acids is 1. The third-order valence-corrected chi connectivity index (χ3v) is 4.88. The van der Waals surface area contributed by atoms with Gasteiger partial charge in [0, 0.05) is 13.1 Å². The van der Waals surface area contributed by atoms with Crippen LogP contribution in [0.4, 0.5) is 4.79 Å². The Kier molecular flexibility index (Phi) is 5.15. The van der Waals surface area contributed by atoms with Crippen molar-refractivity contribution in [2.75, 3.05) is 39.8 Å². The maximum absolute atomic E-state index is 11.9. The van der Waals surface area contributed by atoms with Gasteiger partial charge in [0.2, 0.25) is 0 Å². The molecule has 0 bridgehead atoms. The normalized spacial score (nSPS) is 26.6. The lowest BCUT2D eigenvalue weighted by atomic mass is 9.65. The highest BCUT2D eigenvalue weighted by molar-refractivity contribution is 5.67. The molecule has 0 saturated carbocycles. The van der Waals surface area contributed by atoms with Crippen molar-refractivity contribution >= 4 is 6.09 Å². The van der Waals surface area contributed by atoms with Gasteiger partial charge >= 0.3 is 6.09 Å². The summed E-state index contributed by atoms with van der Waals surface area (Å²) >= 11 is 0. The number of rotatable bonds is 2. The van der Waals surface area contributed by atoms with Crippen molar-refractivity contribution in [3.63, 3.8) is 0 Å². The third-order valence-electron chi connectivity index (χ3n) is 4.88. The van der Waals surface area contributed by atoms with E-state index in [0.717, 1.165) is 26.2 Å². The first kappa shape index (κ1) is 16.6. The lowest BCUT2D eigenvalue weighted by molar-refractivity contribution is 0.0128. The van der Waals surface area contributed by atoms with Gasteiger partial charge in [-0.25, -0.2) is 4.79 Å². The van der Waals surface area contributed by atoms with Crippen LogP contribution in [0, 0.1) is 11.3 Å². The van der Waals surface area contributed by atoms with Crippen LogP contribution in [0.2, 0.25) is 0 Å². The number of likely N-dealkylation sites (tertiary alicyclic amines) is 1. The second-order valence-corrected chi connectivity index (χ2v) is 7.70. The number of hydrogen-bond donors (Lipinski definition) is 2. The summed E-state index contributed by atoms with van der Waals surface area (Å²) in [6, 6.07) is 0. The van der Waals surface area contributed by atoms with E-state index >= 15 is 0 Å². The van der Waals surface area contributed by atoms with Crippen LogP contribution in [0.5, 0.6) is 0 Å². The first-order valence-electron chi connectivity index (χ1n) is 8.17. The molecule has 2 aliphatic heterocycles. The van der Waals surface area contributed by atoms with Crippen LogP contribution in [-0.2, 0) is 4.74 Å². The van der Waals surface area contributed by atoms with E-state index in [0.29, 0.717) is 11.3 Å². The fourth-order valence-corrected chi connectivity index (χ4v) is 3.66. The van der Waals surface area contributed by atoms with Gasteiger partial charge in [-0.2, -0.15) is 0 Å². The average Bonchev–Trinajstić information content (AvgIpc) is 2.39. The van der Waals surface area contributed by atoms with Gasteiger partial charge in [0.1, 0.15) is 5.60 Å². The Labute approximate surface area is 128 Å². The van der Waals surface area contributed by atoms with Crippen molar-refractivity contribution in [3.05, 3.63) is 0 Å². The molecule has 2 saturated heterocycles. The predicted molar refractivity (Wildman–Crippen MR) is 84.4 cm³/mol. The Balaban J connectivity index is 1.93. The quantitative estimate of drug-likeness (QED) is 0.816. The molecule has 0 aliphatic carbocycles. The Hall–Kier alpha value is -0.810. The number of carbonyl (C=O) groups is 1. The summed E-state index contributed by atoms with van der Waals surface area (Å²) in [5.74, 6) is 0.519. The highest BCUT2D eigenvalue weighted by atomic mass is 16.6. The van der Waals surface area contributed by atoms with Crippen LogP contribution in [-0.4, -0.2) is 56.4 Å². The fraction of sp³-hybridized carbons (Fsp3) is 0.938. The number of nitrogens with zero attached hydrogens (tertiary/aromatic N) is 1. The second-order valence-electron chi connectivity index (χ2n) is 7.70. The first-order valence-corrected chi connectivity index (χ1v) is 8.17. The minimum atomic E-state index is -0.431. The molecule has 2 rings (SSSR count). The van der Waals surface area contributed by atoms with Gasteiger partial charge in [-0.15, -0.1) is 0 Å². The minimum Gasteiger partial charge on any atom is -0.444 e. The van der Waals surface area contributed by atoms with Crippen LogP contribution >= 0.6 is 0 Å². The highest BCUT2D eigenvalue weighted by Gasteiger charge is 2.42. The van der Waals surface area contributed by atoms with Crippen LogP contribution in [0.25, 0.3) is 0 Å². The maximum atomic E-state index is 11.9. The molecule has 1 unspecified atom stereocenters. The lowest BCUT2D eigenvalue weighted by Gasteiger charge is -2.49. The van der Waals surface area contributed by atoms with E-state index < -0.39 is 5.60 Å². The van der Waals surface area contributed by atoms with Crippen molar-refractivity contribution in [1.82, 2.24) is 15.5 Å². The molecule has 2 heterocycles. The molecule has 1 spiro atoms. The maximum Gasteiger partial charge on any atom is 0.407 e. The zero-order valence-corrected chi connectivity index (χ0v) is 14.0. The molecular weight excluding hydrogens is 266 g/mol. The van der Waals surface area contributed by atoms with Crippen molar-refractivity contribution in [1.29, 1.82) is 0 Å². The summed E-state index contributed by atoms with van der Waals surface area (Å²) in [5.41, 5.74) is -0.0351. The monoisotopic (exact) mass is 297 g/mol. The molecule has 122 valence electrons. The molecule has 5 heteroatoms. The predicted octanol–water partition coefficient (Wildman–Crippen LogP) is 1.83. The summed E-state index contributed by atoms with van der Waals surface area (Å²) in [6.45, 7) is 10.9. The van der Waals surface area contributed by atoms with Gasteiger partial charge in [0.05, 0.1) is 0 Å². The summed E-state index contributed by atoms with van der Waals surface area (Å²) in [5, 5.41) is 6.45. The van der Waals surface area contributed by atoms with E-state index in [9.17, 15) is 4.79 Å². The molecule has 1 amide bonds. The largest absolute Gasteiger partial charge is 0.444 e. The summed E-state index contributed by atoms with van der Waals surface area (Å²) in [7, 11) is 2.18. The van der Waals surface area contributed by atoms with Crippen molar-refractivity contribution in [2.45, 2.75) is 45.6 Å². The zero-order valence-electron chi connectivity index (χ0n) is 14.0. The van der Waals surface area contributed by atoms with Gasteiger partial charge in [-0.05, 0) is 78.0 Å². The molecule has 21 heavy (non-hydrogen) atoms. The second kappa shape index (κ2) is 6.53. The third kappa shape index (κ3) is 4.58. The van der Waals surface area contributed by atoms with Crippen LogP contribution in [0.1, 0.15) is 40.0 Å². The number of alkyl carbamates (subject to hydrolysis) is 1. The molecule has 2 fully saturated rings. The van der Waals surface area contributed by atoms with E-state index in [-0.39, 0.29) is 6.09 Å². The van der Waals surface area contributed by atoms with E-state index in [1.54, 1.807) is 0 Å². The van der Waals surface area contributed by atoms with Crippen molar-refractivity contribution in [2.24, 2.45) is 11.3 Å². The average molecular weight is 297 g/mol. The number of hydrogen-bond acceptors (Lipinski definition) is 4. The number of amides is 1. The minimum absolute atomic E-state index is 0.292. The Morgan fingerprint density at radius 3 is 2.62 bits per heavy atom. The van der Waals surface area contributed by atoms with Gasteiger partial charge in [0.15, 0.2) is 0 Å². The zero-order chi connectivity index (χ0) is 15.5. The van der Waals surface area contributed by atoms with Crippen LogP contribution in [0.3, 0.4) is 0 Å². The highest BCUT2D eigenvalue weighted by Crippen LogP contribution is 2.43. The van der Waals surface area contributed by atoms with E-state index in [2.05, 4.69) is 22.6 Å². The van der Waals surface area contributed by atoms with Crippen LogP contribution < -0.4 is 10.6 Å². The van der Waals surface area contributed by atoms with Gasteiger partial charge in [-0.3, -0.25) is 0 Å². The van der Waals surface area contributed by atoms with Crippen molar-refractivity contribution < 1.29 is 9.53 Å². The van der Waals surface area contributed by atoms with Gasteiger partial charge in [0.25, 0.3) is 0 Å². The molecule has 2 N–H and O–H groups in total. The number of nitrogens with one attached hydrogen (secondary N) is 2. The SMILES string of the molecule is CN1CCC2(CCNCC2)C(CNC(=O)OC(C)(C)C)C1. The summed E-state index contributed by atoms with van der Waals surface area (Å²) < 4.78 is 5.36. The first-order chi connectivity index (χ1) is 9.81. The smallest absolute Gasteiger partial charge is 0.407 e. The molecule has 0 aromatic rings. The molecule has 0 aromatic carbocycles. The molecule has 5 nitrogen and oxygen atoms in total. The molecule has 2 aliphatic rings. The van der Waals surface area contributed by atoms with Gasteiger partial charge in [-0.1, -0.05) is 0 Å². The topological polar surface area (TPSA) is 53.6 Å². The molecule has 0 radical (unpaired) electrons.